The molecule has 0 spiro atoms. The Morgan fingerprint density at radius 1 is 1.17 bits per heavy atom. The van der Waals surface area contributed by atoms with Gasteiger partial charge in [0.25, 0.3) is 0 Å². The van der Waals surface area contributed by atoms with Crippen molar-refractivity contribution in [3.63, 3.8) is 0 Å². The van der Waals surface area contributed by atoms with Gasteiger partial charge >= 0.3 is 0 Å². The van der Waals surface area contributed by atoms with Crippen molar-refractivity contribution in [1.82, 2.24) is 29.1 Å². The first kappa shape index (κ1) is 18.8. The summed E-state index contributed by atoms with van der Waals surface area (Å²) in [5, 5.41) is 3.11. The molecule has 5 rings (SSSR count). The van der Waals surface area contributed by atoms with Crippen LogP contribution in [0.3, 0.4) is 0 Å². The van der Waals surface area contributed by atoms with Crippen molar-refractivity contribution >= 4 is 51.5 Å². The molecule has 1 aliphatic carbocycles. The summed E-state index contributed by atoms with van der Waals surface area (Å²) in [6.07, 6.45) is 4.96. The van der Waals surface area contributed by atoms with E-state index >= 15 is 0 Å². The van der Waals surface area contributed by atoms with Crippen LogP contribution in [0.25, 0.3) is 22.2 Å². The van der Waals surface area contributed by atoms with Crippen LogP contribution >= 0.6 is 11.6 Å². The van der Waals surface area contributed by atoms with Gasteiger partial charge in [-0.2, -0.15) is 9.97 Å². The zero-order valence-corrected chi connectivity index (χ0v) is 17.2. The molecule has 1 aliphatic rings. The van der Waals surface area contributed by atoms with E-state index < -0.39 is 0 Å². The minimum absolute atomic E-state index is 0.0111. The molecule has 154 valence electrons. The quantitative estimate of drug-likeness (QED) is 0.487. The second-order valence-electron chi connectivity index (χ2n) is 7.68. The standard InChI is InChI=1S/C20H21ClN8O/c1-28-14-5-3-2-4-13(14)24-20(28)27-18(30)11-6-8-12(9-7-11)29-10-23-15-16(22)25-19(21)26-17(15)29/h2-5,10-12H,6-9H2,1H3,(H2,22,25,26)(H,24,27,30). The van der Waals surface area contributed by atoms with Gasteiger partial charge in [-0.1, -0.05) is 12.1 Å². The monoisotopic (exact) mass is 424 g/mol. The van der Waals surface area contributed by atoms with Gasteiger partial charge in [0.2, 0.25) is 17.1 Å². The number of rotatable bonds is 3. The van der Waals surface area contributed by atoms with Crippen molar-refractivity contribution in [2.75, 3.05) is 11.1 Å². The van der Waals surface area contributed by atoms with Crippen LogP contribution in [0.4, 0.5) is 11.8 Å². The highest BCUT2D eigenvalue weighted by Crippen LogP contribution is 2.35. The number of nitrogens with zero attached hydrogens (tertiary/aromatic N) is 6. The molecule has 0 bridgehead atoms. The Bertz CT molecular complexity index is 1250. The summed E-state index contributed by atoms with van der Waals surface area (Å²) in [6, 6.07) is 8.02. The van der Waals surface area contributed by atoms with Crippen LogP contribution in [0.1, 0.15) is 31.7 Å². The molecule has 0 unspecified atom stereocenters. The van der Waals surface area contributed by atoms with Gasteiger partial charge in [0, 0.05) is 19.0 Å². The number of benzene rings is 1. The molecule has 3 N–H and O–H groups in total. The van der Waals surface area contributed by atoms with Gasteiger partial charge in [-0.05, 0) is 49.4 Å². The first-order valence-corrected chi connectivity index (χ1v) is 10.3. The Balaban J connectivity index is 1.29. The van der Waals surface area contributed by atoms with Crippen LogP contribution in [-0.2, 0) is 11.8 Å². The molecule has 9 nitrogen and oxygen atoms in total. The van der Waals surface area contributed by atoms with Crippen LogP contribution in [-0.4, -0.2) is 35.0 Å². The van der Waals surface area contributed by atoms with Gasteiger partial charge in [0.1, 0.15) is 5.52 Å². The lowest BCUT2D eigenvalue weighted by Gasteiger charge is -2.28. The highest BCUT2D eigenvalue weighted by molar-refractivity contribution is 6.28. The number of nitrogens with two attached hydrogens (primary N) is 1. The topological polar surface area (TPSA) is 117 Å². The van der Waals surface area contributed by atoms with E-state index in [2.05, 4.69) is 25.3 Å². The van der Waals surface area contributed by atoms with E-state index in [0.29, 0.717) is 17.1 Å². The third kappa shape index (κ3) is 3.15. The van der Waals surface area contributed by atoms with Crippen LogP contribution < -0.4 is 11.1 Å². The first-order chi connectivity index (χ1) is 14.5. The summed E-state index contributed by atoms with van der Waals surface area (Å²) in [5.41, 5.74) is 8.95. The minimum atomic E-state index is -0.0564. The Morgan fingerprint density at radius 2 is 1.93 bits per heavy atom. The van der Waals surface area contributed by atoms with Gasteiger partial charge in [-0.25, -0.2) is 9.97 Å². The molecule has 0 saturated heterocycles. The highest BCUT2D eigenvalue weighted by atomic mass is 35.5. The molecular weight excluding hydrogens is 404 g/mol. The Labute approximate surface area is 177 Å². The summed E-state index contributed by atoms with van der Waals surface area (Å²) in [6.45, 7) is 0. The summed E-state index contributed by atoms with van der Waals surface area (Å²) in [5.74, 6) is 0.807. The number of nitrogen functional groups attached to an aromatic ring is 1. The zero-order chi connectivity index (χ0) is 20.8. The Hall–Kier alpha value is -3.20. The van der Waals surface area contributed by atoms with Gasteiger partial charge in [0.05, 0.1) is 17.4 Å². The number of carbonyl (C=O) groups excluding carboxylic acids is 1. The highest BCUT2D eigenvalue weighted by Gasteiger charge is 2.29. The molecule has 1 aromatic carbocycles. The van der Waals surface area contributed by atoms with Gasteiger partial charge in [0.15, 0.2) is 11.5 Å². The molecule has 3 aromatic heterocycles. The molecule has 1 amide bonds. The maximum atomic E-state index is 12.9. The van der Waals surface area contributed by atoms with Crippen molar-refractivity contribution in [2.24, 2.45) is 13.0 Å². The normalized spacial score (nSPS) is 19.4. The number of imidazole rings is 2. The van der Waals surface area contributed by atoms with E-state index in [1.54, 1.807) is 6.33 Å². The molecule has 10 heteroatoms. The average molecular weight is 425 g/mol. The molecule has 0 aliphatic heterocycles. The van der Waals surface area contributed by atoms with Gasteiger partial charge in [-0.3, -0.25) is 10.1 Å². The van der Waals surface area contributed by atoms with Crippen molar-refractivity contribution in [3.05, 3.63) is 35.9 Å². The summed E-state index contributed by atoms with van der Waals surface area (Å²) >= 11 is 5.97. The minimum Gasteiger partial charge on any atom is -0.382 e. The predicted octanol–water partition coefficient (Wildman–Crippen LogP) is 3.32. The number of fused-ring (bicyclic) bond motifs is 2. The molecule has 1 saturated carbocycles. The second-order valence-corrected chi connectivity index (χ2v) is 8.02. The number of aryl methyl sites for hydroxylation is 1. The predicted molar refractivity (Wildman–Crippen MR) is 115 cm³/mol. The van der Waals surface area contributed by atoms with Crippen LogP contribution in [0.15, 0.2) is 30.6 Å². The molecule has 4 aromatic rings. The lowest BCUT2D eigenvalue weighted by molar-refractivity contribution is -0.121. The van der Waals surface area contributed by atoms with Gasteiger partial charge in [-0.15, -0.1) is 0 Å². The van der Waals surface area contributed by atoms with Crippen LogP contribution in [0.2, 0.25) is 5.28 Å². The number of hydrogen-bond donors (Lipinski definition) is 2. The largest absolute Gasteiger partial charge is 0.382 e. The lowest BCUT2D eigenvalue weighted by atomic mass is 9.85. The third-order valence-corrected chi connectivity index (χ3v) is 6.07. The summed E-state index contributed by atoms with van der Waals surface area (Å²) in [4.78, 5) is 30.0. The molecule has 3 heterocycles. The van der Waals surface area contributed by atoms with Crippen molar-refractivity contribution < 1.29 is 4.79 Å². The molecule has 30 heavy (non-hydrogen) atoms. The van der Waals surface area contributed by atoms with Gasteiger partial charge < -0.3 is 14.9 Å². The smallest absolute Gasteiger partial charge is 0.229 e. The maximum Gasteiger partial charge on any atom is 0.229 e. The van der Waals surface area contributed by atoms with Crippen molar-refractivity contribution in [1.29, 1.82) is 0 Å². The summed E-state index contributed by atoms with van der Waals surface area (Å²) in [7, 11) is 1.91. The maximum absolute atomic E-state index is 12.9. The second kappa shape index (κ2) is 7.24. The van der Waals surface area contributed by atoms with E-state index in [-0.39, 0.29) is 29.0 Å². The number of hydrogen-bond acceptors (Lipinski definition) is 6. The molecule has 1 fully saturated rings. The molecule has 0 atom stereocenters. The summed E-state index contributed by atoms with van der Waals surface area (Å²) < 4.78 is 3.91. The first-order valence-electron chi connectivity index (χ1n) is 9.89. The fraction of sp³-hybridized carbons (Fsp3) is 0.350. The number of amides is 1. The number of anilines is 2. The number of para-hydroxylation sites is 2. The zero-order valence-electron chi connectivity index (χ0n) is 16.4. The number of nitrogens with one attached hydrogen (secondary N) is 1. The third-order valence-electron chi connectivity index (χ3n) is 5.90. The van der Waals surface area contributed by atoms with E-state index in [9.17, 15) is 4.79 Å². The van der Waals surface area contributed by atoms with Crippen LogP contribution in [0.5, 0.6) is 0 Å². The average Bonchev–Trinajstić information content (AvgIpc) is 3.30. The van der Waals surface area contributed by atoms with E-state index in [4.69, 9.17) is 17.3 Å². The van der Waals surface area contributed by atoms with Crippen molar-refractivity contribution in [2.45, 2.75) is 31.7 Å². The Kier molecular flexibility index (Phi) is 4.54. The fourth-order valence-electron chi connectivity index (χ4n) is 4.26. The fourth-order valence-corrected chi connectivity index (χ4v) is 4.43. The Morgan fingerprint density at radius 3 is 2.70 bits per heavy atom. The number of halogens is 1. The molecule has 0 radical (unpaired) electrons. The van der Waals surface area contributed by atoms with E-state index in [0.717, 1.165) is 36.7 Å². The number of carbonyl (C=O) groups is 1. The SMILES string of the molecule is Cn1c(NC(=O)C2CCC(n3cnc4c(N)nc(Cl)nc43)CC2)nc2ccccc21. The number of aromatic nitrogens is 6. The lowest BCUT2D eigenvalue weighted by Crippen LogP contribution is -2.29. The van der Waals surface area contributed by atoms with E-state index in [1.165, 1.54) is 0 Å². The molecular formula is C20H21ClN8O. The van der Waals surface area contributed by atoms with Crippen molar-refractivity contribution in [3.8, 4) is 0 Å². The van der Waals surface area contributed by atoms with E-state index in [1.807, 2.05) is 40.4 Å². The van der Waals surface area contributed by atoms with Crippen LogP contribution in [0, 0.1) is 5.92 Å².